The number of amides is 2. The highest BCUT2D eigenvalue weighted by molar-refractivity contribution is 5.93. The number of esters is 1. The molecule has 9 nitrogen and oxygen atoms in total. The van der Waals surface area contributed by atoms with E-state index in [-0.39, 0.29) is 23.5 Å². The van der Waals surface area contributed by atoms with Gasteiger partial charge in [-0.2, -0.15) is 0 Å². The van der Waals surface area contributed by atoms with Crippen LogP contribution in [0.15, 0.2) is 30.3 Å². The lowest BCUT2D eigenvalue weighted by molar-refractivity contribution is -0.130. The number of hydrogen-bond acceptors (Lipinski definition) is 7. The molecule has 1 saturated heterocycles. The Kier molecular flexibility index (Phi) is 6.06. The standard InChI is InChI=1S/C20H23N5O4/c1-13-11-17(18(27)25-9-7-24(8-10-25)14(2)26)23-20(21-13)22-16-6-4-5-15(12-16)19(28)29-3/h4-6,11-12H,7-10H2,1-3H3,(H,21,22,23). The van der Waals surface area contributed by atoms with Crippen LogP contribution in [0.3, 0.4) is 0 Å². The van der Waals surface area contributed by atoms with Gasteiger partial charge in [-0.15, -0.1) is 0 Å². The van der Waals surface area contributed by atoms with Crippen molar-refractivity contribution in [3.05, 3.63) is 47.3 Å². The van der Waals surface area contributed by atoms with Gasteiger partial charge in [-0.3, -0.25) is 9.59 Å². The van der Waals surface area contributed by atoms with Crippen LogP contribution in [-0.2, 0) is 9.53 Å². The molecule has 152 valence electrons. The highest BCUT2D eigenvalue weighted by atomic mass is 16.5. The zero-order valence-corrected chi connectivity index (χ0v) is 16.6. The molecule has 9 heteroatoms. The molecule has 0 aliphatic carbocycles. The summed E-state index contributed by atoms with van der Waals surface area (Å²) in [6, 6.07) is 8.38. The van der Waals surface area contributed by atoms with E-state index in [0.717, 1.165) is 0 Å². The van der Waals surface area contributed by atoms with Crippen LogP contribution in [0.5, 0.6) is 0 Å². The Labute approximate surface area is 168 Å². The molecule has 1 aromatic carbocycles. The molecule has 2 amide bonds. The molecule has 3 rings (SSSR count). The highest BCUT2D eigenvalue weighted by Gasteiger charge is 2.24. The summed E-state index contributed by atoms with van der Waals surface area (Å²) in [5, 5.41) is 3.03. The number of nitrogens with one attached hydrogen (secondary N) is 1. The van der Waals surface area contributed by atoms with Crippen LogP contribution in [-0.4, -0.2) is 70.8 Å². The summed E-state index contributed by atoms with van der Waals surface area (Å²) in [7, 11) is 1.32. The van der Waals surface area contributed by atoms with Crippen molar-refractivity contribution in [1.82, 2.24) is 19.8 Å². The maximum Gasteiger partial charge on any atom is 0.337 e. The van der Waals surface area contributed by atoms with Gasteiger partial charge in [-0.25, -0.2) is 14.8 Å². The largest absolute Gasteiger partial charge is 0.465 e. The van der Waals surface area contributed by atoms with Gasteiger partial charge in [-0.05, 0) is 31.2 Å². The van der Waals surface area contributed by atoms with E-state index in [4.69, 9.17) is 4.74 Å². The number of hydrogen-bond donors (Lipinski definition) is 1. The SMILES string of the molecule is COC(=O)c1cccc(Nc2nc(C)cc(C(=O)N3CCN(C(C)=O)CC3)n2)c1. The molecular weight excluding hydrogens is 374 g/mol. The summed E-state index contributed by atoms with van der Waals surface area (Å²) in [6.07, 6.45) is 0. The van der Waals surface area contributed by atoms with Crippen molar-refractivity contribution < 1.29 is 19.1 Å². The Morgan fingerprint density at radius 2 is 1.72 bits per heavy atom. The maximum atomic E-state index is 12.9. The molecule has 2 aromatic rings. The first-order valence-electron chi connectivity index (χ1n) is 9.23. The smallest absolute Gasteiger partial charge is 0.337 e. The molecule has 0 bridgehead atoms. The molecule has 0 saturated carbocycles. The predicted octanol–water partition coefficient (Wildman–Crippen LogP) is 1.62. The molecule has 1 N–H and O–H groups in total. The number of ether oxygens (including phenoxy) is 1. The summed E-state index contributed by atoms with van der Waals surface area (Å²) in [4.78, 5) is 48.1. The van der Waals surface area contributed by atoms with E-state index >= 15 is 0 Å². The van der Waals surface area contributed by atoms with Crippen LogP contribution < -0.4 is 5.32 Å². The molecular formula is C20H23N5O4. The number of benzene rings is 1. The van der Waals surface area contributed by atoms with Crippen molar-refractivity contribution >= 4 is 29.4 Å². The number of methoxy groups -OCH3 is 1. The third kappa shape index (κ3) is 4.87. The van der Waals surface area contributed by atoms with Gasteiger partial charge >= 0.3 is 5.97 Å². The second-order valence-corrected chi connectivity index (χ2v) is 6.71. The summed E-state index contributed by atoms with van der Waals surface area (Å²) < 4.78 is 4.73. The lowest BCUT2D eigenvalue weighted by Crippen LogP contribution is -2.50. The minimum absolute atomic E-state index is 0.00986. The van der Waals surface area contributed by atoms with E-state index < -0.39 is 5.97 Å². The van der Waals surface area contributed by atoms with Gasteiger partial charge < -0.3 is 19.9 Å². The lowest BCUT2D eigenvalue weighted by Gasteiger charge is -2.34. The van der Waals surface area contributed by atoms with Crippen LogP contribution in [0, 0.1) is 6.92 Å². The highest BCUT2D eigenvalue weighted by Crippen LogP contribution is 2.17. The third-order valence-corrected chi connectivity index (χ3v) is 4.63. The fraction of sp³-hybridized carbons (Fsp3) is 0.350. The maximum absolute atomic E-state index is 12.9. The first-order valence-corrected chi connectivity index (χ1v) is 9.23. The van der Waals surface area contributed by atoms with E-state index in [0.29, 0.717) is 43.1 Å². The first kappa shape index (κ1) is 20.2. The van der Waals surface area contributed by atoms with Crippen molar-refractivity contribution in [3.63, 3.8) is 0 Å². The van der Waals surface area contributed by atoms with E-state index in [1.54, 1.807) is 47.1 Å². The zero-order valence-electron chi connectivity index (χ0n) is 16.6. The van der Waals surface area contributed by atoms with Crippen molar-refractivity contribution in [2.24, 2.45) is 0 Å². The van der Waals surface area contributed by atoms with Gasteiger partial charge in [0.15, 0.2) is 0 Å². The summed E-state index contributed by atoms with van der Waals surface area (Å²) in [5.74, 6) is -0.377. The third-order valence-electron chi connectivity index (χ3n) is 4.63. The van der Waals surface area contributed by atoms with Crippen LogP contribution >= 0.6 is 0 Å². The molecule has 0 spiro atoms. The fourth-order valence-corrected chi connectivity index (χ4v) is 3.09. The molecule has 0 radical (unpaired) electrons. The van der Waals surface area contributed by atoms with Crippen molar-refractivity contribution in [3.8, 4) is 0 Å². The van der Waals surface area contributed by atoms with Gasteiger partial charge in [0, 0.05) is 44.5 Å². The van der Waals surface area contributed by atoms with Crippen LogP contribution in [0.4, 0.5) is 11.6 Å². The Hall–Kier alpha value is -3.49. The van der Waals surface area contributed by atoms with E-state index in [2.05, 4.69) is 15.3 Å². The summed E-state index contributed by atoms with van der Waals surface area (Å²) in [5.41, 5.74) is 1.91. The van der Waals surface area contributed by atoms with Crippen molar-refractivity contribution in [1.29, 1.82) is 0 Å². The first-order chi connectivity index (χ1) is 13.9. The Morgan fingerprint density at radius 3 is 2.38 bits per heavy atom. The van der Waals surface area contributed by atoms with Crippen LogP contribution in [0.1, 0.15) is 33.5 Å². The summed E-state index contributed by atoms with van der Waals surface area (Å²) in [6.45, 7) is 5.25. The fourth-order valence-electron chi connectivity index (χ4n) is 3.09. The van der Waals surface area contributed by atoms with Gasteiger partial charge in [-0.1, -0.05) is 6.07 Å². The number of carbonyl (C=O) groups is 3. The number of anilines is 2. The molecule has 1 aliphatic rings. The average molecular weight is 397 g/mol. The van der Waals surface area contributed by atoms with Crippen LogP contribution in [0.25, 0.3) is 0 Å². The van der Waals surface area contributed by atoms with E-state index in [9.17, 15) is 14.4 Å². The topological polar surface area (TPSA) is 105 Å². The number of aromatic nitrogens is 2. The summed E-state index contributed by atoms with van der Waals surface area (Å²) >= 11 is 0. The van der Waals surface area contributed by atoms with Crippen LogP contribution in [0.2, 0.25) is 0 Å². The minimum atomic E-state index is -0.445. The molecule has 1 fully saturated rings. The van der Waals surface area contributed by atoms with Gasteiger partial charge in [0.2, 0.25) is 11.9 Å². The molecule has 29 heavy (non-hydrogen) atoms. The Morgan fingerprint density at radius 1 is 1.03 bits per heavy atom. The molecule has 1 aliphatic heterocycles. The van der Waals surface area contributed by atoms with Gasteiger partial charge in [0.1, 0.15) is 5.69 Å². The number of rotatable bonds is 4. The lowest BCUT2D eigenvalue weighted by atomic mass is 10.2. The molecule has 2 heterocycles. The van der Waals surface area contributed by atoms with E-state index in [1.807, 2.05) is 0 Å². The van der Waals surface area contributed by atoms with Crippen molar-refractivity contribution in [2.75, 3.05) is 38.6 Å². The predicted molar refractivity (Wildman–Crippen MR) is 106 cm³/mol. The molecule has 0 atom stereocenters. The molecule has 0 unspecified atom stereocenters. The number of carbonyl (C=O) groups excluding carboxylic acids is 3. The van der Waals surface area contributed by atoms with Crippen molar-refractivity contribution in [2.45, 2.75) is 13.8 Å². The molecule has 1 aromatic heterocycles. The monoisotopic (exact) mass is 397 g/mol. The minimum Gasteiger partial charge on any atom is -0.465 e. The number of aryl methyl sites for hydroxylation is 1. The second kappa shape index (κ2) is 8.68. The second-order valence-electron chi connectivity index (χ2n) is 6.71. The average Bonchev–Trinajstić information content (AvgIpc) is 2.72. The Bertz CT molecular complexity index is 938. The van der Waals surface area contributed by atoms with Gasteiger partial charge in [0.05, 0.1) is 12.7 Å². The number of piperazine rings is 1. The Balaban J connectivity index is 1.76. The van der Waals surface area contributed by atoms with Gasteiger partial charge in [0.25, 0.3) is 5.91 Å². The zero-order chi connectivity index (χ0) is 21.0. The normalized spacial score (nSPS) is 13.8. The quantitative estimate of drug-likeness (QED) is 0.782. The van der Waals surface area contributed by atoms with E-state index in [1.165, 1.54) is 14.0 Å². The number of nitrogens with zero attached hydrogens (tertiary/aromatic N) is 4.